The summed E-state index contributed by atoms with van der Waals surface area (Å²) in [5.74, 6) is -1.05. The number of fused-ring (bicyclic) bond motifs is 1. The molecule has 1 fully saturated rings. The van der Waals surface area contributed by atoms with Crippen LogP contribution in [0.1, 0.15) is 74.4 Å². The van der Waals surface area contributed by atoms with E-state index in [1.165, 1.54) is 32.6 Å². The molecule has 7 nitrogen and oxygen atoms in total. The fourth-order valence-corrected chi connectivity index (χ4v) is 5.33. The van der Waals surface area contributed by atoms with E-state index in [-0.39, 0.29) is 23.0 Å². The number of hydrogen-bond donors (Lipinski definition) is 2. The number of carbonyl (C=O) groups is 1. The number of likely N-dealkylation sites (tertiary alicyclic amines) is 1. The Balaban J connectivity index is 1.27. The number of ether oxygens (including phenoxy) is 2. The van der Waals surface area contributed by atoms with Crippen LogP contribution in [0.4, 0.5) is 14.6 Å². The van der Waals surface area contributed by atoms with E-state index < -0.39 is 23.5 Å². The summed E-state index contributed by atoms with van der Waals surface area (Å²) in [4.78, 5) is 18.8. The second kappa shape index (κ2) is 12.4. The van der Waals surface area contributed by atoms with Gasteiger partial charge < -0.3 is 19.9 Å². The molecule has 0 aliphatic carbocycles. The van der Waals surface area contributed by atoms with Crippen molar-refractivity contribution in [1.82, 2.24) is 9.88 Å². The Morgan fingerprint density at radius 1 is 1.29 bits per heavy atom. The molecule has 2 N–H and O–H groups in total. The zero-order chi connectivity index (χ0) is 27.3. The molecule has 1 saturated heterocycles. The number of carboxylic acid groups (broad SMARTS) is 1. The third kappa shape index (κ3) is 6.80. The summed E-state index contributed by atoms with van der Waals surface area (Å²) >= 11 is 0. The van der Waals surface area contributed by atoms with E-state index in [0.29, 0.717) is 26.1 Å². The third-order valence-corrected chi connectivity index (χ3v) is 7.42. The molecule has 1 aromatic carbocycles. The molecule has 208 valence electrons. The standard InChI is InChI=1S/C29H39F2N3O4/c1-29(2,31)20-16-23(26(37-3)24(30)17-20)25(28(35)36)34-14-12-22(18-34)38-15-6-4-5-9-21-11-10-19-8-7-13-32-27(19)33-21/h10-11,16-17,22,25H,4-9,12-15,18H2,1-3H3,(H,32,33)(H,35,36)/t22-,25?/m1/s1. The van der Waals surface area contributed by atoms with Gasteiger partial charge in [0.2, 0.25) is 0 Å². The van der Waals surface area contributed by atoms with Crippen molar-refractivity contribution in [3.05, 3.63) is 52.5 Å². The number of unbranched alkanes of at least 4 members (excludes halogenated alkanes) is 2. The number of nitrogens with zero attached hydrogens (tertiary/aromatic N) is 2. The smallest absolute Gasteiger partial charge is 0.325 e. The molecule has 1 unspecified atom stereocenters. The van der Waals surface area contributed by atoms with Crippen LogP contribution in [0.5, 0.6) is 5.75 Å². The lowest BCUT2D eigenvalue weighted by Gasteiger charge is -2.27. The number of carboxylic acids is 1. The van der Waals surface area contributed by atoms with Crippen LogP contribution in [0.2, 0.25) is 0 Å². The van der Waals surface area contributed by atoms with Crippen LogP contribution >= 0.6 is 0 Å². The summed E-state index contributed by atoms with van der Waals surface area (Å²) in [6.07, 6.45) is 6.69. The van der Waals surface area contributed by atoms with Gasteiger partial charge in [-0.1, -0.05) is 12.5 Å². The van der Waals surface area contributed by atoms with Crippen molar-refractivity contribution in [3.63, 3.8) is 0 Å². The number of aromatic nitrogens is 1. The van der Waals surface area contributed by atoms with Gasteiger partial charge in [-0.25, -0.2) is 13.8 Å². The lowest BCUT2D eigenvalue weighted by molar-refractivity contribution is -0.143. The average molecular weight is 532 g/mol. The van der Waals surface area contributed by atoms with Crippen molar-refractivity contribution in [3.8, 4) is 5.75 Å². The zero-order valence-corrected chi connectivity index (χ0v) is 22.6. The molecule has 1 aromatic heterocycles. The van der Waals surface area contributed by atoms with Crippen molar-refractivity contribution in [1.29, 1.82) is 0 Å². The summed E-state index contributed by atoms with van der Waals surface area (Å²) in [6, 6.07) is 5.62. The van der Waals surface area contributed by atoms with Crippen LogP contribution in [0.15, 0.2) is 24.3 Å². The number of nitrogens with one attached hydrogen (secondary N) is 1. The predicted octanol–water partition coefficient (Wildman–Crippen LogP) is 5.42. The number of methoxy groups -OCH3 is 1. The largest absolute Gasteiger partial charge is 0.493 e. The van der Waals surface area contributed by atoms with Crippen molar-refractivity contribution < 1.29 is 28.2 Å². The normalized spacial score (nSPS) is 18.6. The Hall–Kier alpha value is -2.78. The number of halogens is 2. The summed E-state index contributed by atoms with van der Waals surface area (Å²) in [5, 5.41) is 13.4. The van der Waals surface area contributed by atoms with Gasteiger partial charge in [0.1, 0.15) is 17.5 Å². The Bertz CT molecular complexity index is 1120. The summed E-state index contributed by atoms with van der Waals surface area (Å²) in [6.45, 7) is 5.09. The van der Waals surface area contributed by atoms with Crippen LogP contribution < -0.4 is 10.1 Å². The number of hydrogen-bond acceptors (Lipinski definition) is 6. The van der Waals surface area contributed by atoms with E-state index in [1.54, 1.807) is 4.90 Å². The zero-order valence-electron chi connectivity index (χ0n) is 22.6. The van der Waals surface area contributed by atoms with E-state index in [1.807, 2.05) is 0 Å². The molecule has 2 aromatic rings. The van der Waals surface area contributed by atoms with Gasteiger partial charge in [0, 0.05) is 37.5 Å². The third-order valence-electron chi connectivity index (χ3n) is 7.42. The minimum Gasteiger partial charge on any atom is -0.493 e. The SMILES string of the molecule is COc1c(F)cc(C(C)(C)F)cc1C(C(=O)O)N1CC[C@@H](OCCCCCc2ccc3c(n2)NCCC3)C1. The number of pyridine rings is 1. The van der Waals surface area contributed by atoms with Crippen LogP contribution in [0.25, 0.3) is 0 Å². The second-order valence-electron chi connectivity index (χ2n) is 10.7. The first-order valence-electron chi connectivity index (χ1n) is 13.6. The van der Waals surface area contributed by atoms with Gasteiger partial charge in [0.25, 0.3) is 0 Å². The van der Waals surface area contributed by atoms with Crippen LogP contribution in [0, 0.1) is 5.82 Å². The Morgan fingerprint density at radius 3 is 2.84 bits per heavy atom. The molecule has 2 aliphatic heterocycles. The maximum Gasteiger partial charge on any atom is 0.325 e. The maximum atomic E-state index is 14.7. The number of aryl methyl sites for hydroxylation is 2. The molecular formula is C29H39F2N3O4. The summed E-state index contributed by atoms with van der Waals surface area (Å²) in [5.41, 5.74) is 0.774. The highest BCUT2D eigenvalue weighted by Crippen LogP contribution is 2.38. The van der Waals surface area contributed by atoms with Crippen molar-refractivity contribution in [2.24, 2.45) is 0 Å². The van der Waals surface area contributed by atoms with Gasteiger partial charge in [-0.3, -0.25) is 9.69 Å². The molecule has 0 radical (unpaired) electrons. The molecule has 0 bridgehead atoms. The van der Waals surface area contributed by atoms with Gasteiger partial charge in [-0.05, 0) is 81.7 Å². The molecule has 0 amide bonds. The van der Waals surface area contributed by atoms with Crippen LogP contribution in [-0.4, -0.2) is 60.4 Å². The Labute approximate surface area is 223 Å². The van der Waals surface area contributed by atoms with E-state index in [2.05, 4.69) is 17.4 Å². The van der Waals surface area contributed by atoms with Crippen molar-refractivity contribution >= 4 is 11.8 Å². The minimum atomic E-state index is -1.82. The molecule has 3 heterocycles. The molecule has 0 spiro atoms. The van der Waals surface area contributed by atoms with E-state index in [9.17, 15) is 18.7 Å². The summed E-state index contributed by atoms with van der Waals surface area (Å²) < 4.78 is 40.6. The second-order valence-corrected chi connectivity index (χ2v) is 10.7. The Kier molecular flexibility index (Phi) is 9.20. The van der Waals surface area contributed by atoms with Gasteiger partial charge in [-0.15, -0.1) is 0 Å². The highest BCUT2D eigenvalue weighted by atomic mass is 19.1. The summed E-state index contributed by atoms with van der Waals surface area (Å²) in [7, 11) is 1.29. The predicted molar refractivity (Wildman–Crippen MR) is 142 cm³/mol. The molecule has 38 heavy (non-hydrogen) atoms. The lowest BCUT2D eigenvalue weighted by atomic mass is 9.94. The quantitative estimate of drug-likeness (QED) is 0.354. The average Bonchev–Trinajstić information content (AvgIpc) is 3.33. The number of rotatable bonds is 12. The number of benzene rings is 1. The van der Waals surface area contributed by atoms with Gasteiger partial charge in [0.15, 0.2) is 11.6 Å². The molecule has 2 atom stereocenters. The topological polar surface area (TPSA) is 83.9 Å². The Morgan fingerprint density at radius 2 is 2.11 bits per heavy atom. The van der Waals surface area contributed by atoms with Gasteiger partial charge in [-0.2, -0.15) is 0 Å². The molecule has 0 saturated carbocycles. The van der Waals surface area contributed by atoms with E-state index in [4.69, 9.17) is 14.5 Å². The minimum absolute atomic E-state index is 0.0749. The fourth-order valence-electron chi connectivity index (χ4n) is 5.33. The van der Waals surface area contributed by atoms with E-state index >= 15 is 0 Å². The number of anilines is 1. The molecule has 9 heteroatoms. The number of alkyl halides is 1. The lowest BCUT2D eigenvalue weighted by Crippen LogP contribution is -2.34. The highest BCUT2D eigenvalue weighted by Gasteiger charge is 2.37. The molecule has 2 aliphatic rings. The first-order chi connectivity index (χ1) is 18.2. The van der Waals surface area contributed by atoms with Gasteiger partial charge >= 0.3 is 5.97 Å². The molecule has 4 rings (SSSR count). The van der Waals surface area contributed by atoms with Crippen LogP contribution in [-0.2, 0) is 28.0 Å². The van der Waals surface area contributed by atoms with Crippen LogP contribution in [0.3, 0.4) is 0 Å². The highest BCUT2D eigenvalue weighted by molar-refractivity contribution is 5.77. The van der Waals surface area contributed by atoms with E-state index in [0.717, 1.165) is 62.6 Å². The number of aliphatic carboxylic acids is 1. The monoisotopic (exact) mass is 531 g/mol. The first-order valence-corrected chi connectivity index (χ1v) is 13.6. The fraction of sp³-hybridized carbons (Fsp3) is 0.586. The van der Waals surface area contributed by atoms with Crippen molar-refractivity contribution in [2.45, 2.75) is 76.6 Å². The first kappa shape index (κ1) is 28.2. The van der Waals surface area contributed by atoms with Gasteiger partial charge in [0.05, 0.1) is 13.2 Å². The van der Waals surface area contributed by atoms with Crippen molar-refractivity contribution in [2.75, 3.05) is 38.7 Å². The molecular weight excluding hydrogens is 492 g/mol. The maximum absolute atomic E-state index is 14.7.